The van der Waals surface area contributed by atoms with E-state index in [4.69, 9.17) is 10.6 Å². The van der Waals surface area contributed by atoms with Crippen molar-refractivity contribution in [2.24, 2.45) is 5.16 Å². The van der Waals surface area contributed by atoms with Crippen molar-refractivity contribution < 1.29 is 28.9 Å². The molecule has 2 amide bonds. The molecule has 188 valence electrons. The fraction of sp³-hybridized carbons (Fsp3) is 0.364. The number of aryl methyl sites for hydroxylation is 1. The number of thiazole rings is 1. The molecule has 1 aliphatic carbocycles. The molecule has 1 saturated heterocycles. The summed E-state index contributed by atoms with van der Waals surface area (Å²) in [6, 6.07) is 3.16. The maximum Gasteiger partial charge on any atom is 0.352 e. The predicted octanol–water partition coefficient (Wildman–Crippen LogP) is 1.05. The Kier molecular flexibility index (Phi) is 6.74. The van der Waals surface area contributed by atoms with Crippen molar-refractivity contribution in [3.05, 3.63) is 50.3 Å². The zero-order valence-electron chi connectivity index (χ0n) is 19.1. The number of amides is 2. The number of carboxylic acids is 1. The number of aliphatic carboxylic acids is 1. The van der Waals surface area contributed by atoms with Gasteiger partial charge in [0.15, 0.2) is 29.3 Å². The summed E-state index contributed by atoms with van der Waals surface area (Å²) in [5, 5.41) is 16.1. The number of nitrogens with two attached hydrogens (primary N) is 1. The molecule has 2 atom stereocenters. The van der Waals surface area contributed by atoms with Crippen LogP contribution in [0.4, 0.5) is 5.13 Å². The van der Waals surface area contributed by atoms with Crippen LogP contribution in [0.1, 0.15) is 23.4 Å². The SMILES string of the molecule is CO/N=C(/C(=O)N[C@@H]1C(=O)N2C(C(=O)O)=C(C[n+]3cccc4c3CCC4)CS[C@H]12)c1nc(N)sc1Br. The van der Waals surface area contributed by atoms with Gasteiger partial charge in [0.2, 0.25) is 0 Å². The summed E-state index contributed by atoms with van der Waals surface area (Å²) in [4.78, 5) is 48.5. The lowest BCUT2D eigenvalue weighted by atomic mass is 10.0. The quantitative estimate of drug-likeness (QED) is 0.186. The Labute approximate surface area is 222 Å². The van der Waals surface area contributed by atoms with Crippen molar-refractivity contribution >= 4 is 67.7 Å². The number of halogens is 1. The Balaban J connectivity index is 1.37. The van der Waals surface area contributed by atoms with Gasteiger partial charge in [-0.15, -0.1) is 11.8 Å². The fourth-order valence-corrected chi connectivity index (χ4v) is 7.40. The Morgan fingerprint density at radius 3 is 2.94 bits per heavy atom. The molecule has 2 aromatic rings. The second-order valence-corrected chi connectivity index (χ2v) is 11.8. The molecule has 0 radical (unpaired) electrons. The van der Waals surface area contributed by atoms with Gasteiger partial charge in [0.05, 0.1) is 0 Å². The zero-order valence-corrected chi connectivity index (χ0v) is 22.3. The summed E-state index contributed by atoms with van der Waals surface area (Å²) in [7, 11) is 1.29. The van der Waals surface area contributed by atoms with Crippen LogP contribution in [0.2, 0.25) is 0 Å². The second kappa shape index (κ2) is 9.82. The smallest absolute Gasteiger partial charge is 0.352 e. The lowest BCUT2D eigenvalue weighted by molar-refractivity contribution is -0.696. The van der Waals surface area contributed by atoms with Gasteiger partial charge in [-0.1, -0.05) is 16.5 Å². The van der Waals surface area contributed by atoms with Crippen molar-refractivity contribution in [1.29, 1.82) is 0 Å². The first kappa shape index (κ1) is 24.7. The van der Waals surface area contributed by atoms with Gasteiger partial charge < -0.3 is 21.0 Å². The number of hydrogen-bond donors (Lipinski definition) is 3. The maximum atomic E-state index is 13.1. The number of carboxylic acid groups (broad SMARTS) is 1. The highest BCUT2D eigenvalue weighted by Crippen LogP contribution is 2.40. The number of anilines is 1. The van der Waals surface area contributed by atoms with Gasteiger partial charge >= 0.3 is 5.97 Å². The maximum absolute atomic E-state index is 13.1. The minimum absolute atomic E-state index is 0.0156. The first-order valence-corrected chi connectivity index (χ1v) is 13.7. The van der Waals surface area contributed by atoms with Gasteiger partial charge in [0, 0.05) is 29.4 Å². The van der Waals surface area contributed by atoms with Crippen molar-refractivity contribution in [1.82, 2.24) is 15.2 Å². The van der Waals surface area contributed by atoms with Crippen LogP contribution >= 0.6 is 39.0 Å². The van der Waals surface area contributed by atoms with E-state index in [2.05, 4.69) is 42.0 Å². The molecule has 3 aliphatic rings. The van der Waals surface area contributed by atoms with Crippen LogP contribution in [0.15, 0.2) is 38.5 Å². The number of nitrogens with one attached hydrogen (secondary N) is 1. The Hall–Kier alpha value is -2.97. The summed E-state index contributed by atoms with van der Waals surface area (Å²) >= 11 is 5.85. The molecule has 2 aliphatic heterocycles. The van der Waals surface area contributed by atoms with Gasteiger partial charge in [-0.3, -0.25) is 14.5 Å². The van der Waals surface area contributed by atoms with Crippen LogP contribution in [-0.2, 0) is 38.6 Å². The highest BCUT2D eigenvalue weighted by atomic mass is 79.9. The molecular weight excluding hydrogens is 572 g/mol. The fourth-order valence-electron chi connectivity index (χ4n) is 4.73. The molecule has 5 rings (SSSR count). The molecule has 0 unspecified atom stereocenters. The zero-order chi connectivity index (χ0) is 25.6. The number of pyridine rings is 1. The van der Waals surface area contributed by atoms with Gasteiger partial charge in [-0.05, 0) is 34.8 Å². The third-order valence-electron chi connectivity index (χ3n) is 6.26. The van der Waals surface area contributed by atoms with Gasteiger partial charge in [0.1, 0.15) is 33.7 Å². The molecular formula is C22H22BrN6O5S2+. The predicted molar refractivity (Wildman–Crippen MR) is 136 cm³/mol. The molecule has 4 heterocycles. The van der Waals surface area contributed by atoms with Crippen molar-refractivity contribution in [3.8, 4) is 0 Å². The van der Waals surface area contributed by atoms with Gasteiger partial charge in [-0.2, -0.15) is 4.57 Å². The number of β-lactam (4-membered cyclic amide) rings is 1. The number of nitrogen functional groups attached to an aromatic ring is 1. The van der Waals surface area contributed by atoms with E-state index in [9.17, 15) is 19.5 Å². The highest BCUT2D eigenvalue weighted by Gasteiger charge is 2.55. The molecule has 0 aromatic carbocycles. The number of oxime groups is 1. The first-order valence-electron chi connectivity index (χ1n) is 11.0. The number of hydrogen-bond acceptors (Lipinski definition) is 9. The third kappa shape index (κ3) is 4.26. The molecule has 36 heavy (non-hydrogen) atoms. The van der Waals surface area contributed by atoms with Crippen LogP contribution in [0, 0.1) is 0 Å². The normalized spacial score (nSPS) is 21.1. The minimum atomic E-state index is -1.16. The van der Waals surface area contributed by atoms with Gasteiger partial charge in [0.25, 0.3) is 11.8 Å². The molecule has 0 saturated carbocycles. The molecule has 4 N–H and O–H groups in total. The Morgan fingerprint density at radius 1 is 1.44 bits per heavy atom. The largest absolute Gasteiger partial charge is 0.477 e. The molecule has 2 aromatic heterocycles. The first-order chi connectivity index (χ1) is 17.3. The minimum Gasteiger partial charge on any atom is -0.477 e. The number of nitrogens with zero attached hydrogens (tertiary/aromatic N) is 4. The van der Waals surface area contributed by atoms with E-state index < -0.39 is 29.2 Å². The number of carbonyl (C=O) groups excluding carboxylic acids is 2. The summed E-state index contributed by atoms with van der Waals surface area (Å²) < 4.78 is 2.57. The Bertz CT molecular complexity index is 1340. The monoisotopic (exact) mass is 593 g/mol. The molecule has 0 bridgehead atoms. The van der Waals surface area contributed by atoms with Crippen LogP contribution in [0.25, 0.3) is 0 Å². The molecule has 11 nitrogen and oxygen atoms in total. The summed E-state index contributed by atoms with van der Waals surface area (Å²) in [5.41, 5.74) is 8.91. The number of thioether (sulfide) groups is 1. The standard InChI is InChI=1S/C22H21BrN6O5S2/c1-34-27-14(13-17(23)36-22(24)26-13)18(30)25-15-19(31)29-16(21(32)33)11(9-35-20(15)29)8-28-7-3-5-10-4-2-6-12(10)28/h3,5,7,15,20H,2,4,6,8-9H2,1H3,(H3-,24,25,26,30,32,33)/p+1/b27-14+/t15-,20-/m1/s1. The van der Waals surface area contributed by atoms with Crippen molar-refractivity contribution in [2.75, 3.05) is 18.6 Å². The number of carbonyl (C=O) groups is 3. The number of aromatic nitrogens is 2. The van der Waals surface area contributed by atoms with E-state index in [1.807, 2.05) is 12.3 Å². The molecule has 0 spiro atoms. The van der Waals surface area contributed by atoms with E-state index in [0.29, 0.717) is 21.7 Å². The number of fused-ring (bicyclic) bond motifs is 2. The summed E-state index contributed by atoms with van der Waals surface area (Å²) in [6.07, 6.45) is 4.99. The van der Waals surface area contributed by atoms with Crippen LogP contribution in [0.3, 0.4) is 0 Å². The summed E-state index contributed by atoms with van der Waals surface area (Å²) in [5.74, 6) is -1.91. The van der Waals surface area contributed by atoms with Crippen molar-refractivity contribution in [2.45, 2.75) is 37.2 Å². The lowest BCUT2D eigenvalue weighted by Crippen LogP contribution is -2.71. The van der Waals surface area contributed by atoms with E-state index >= 15 is 0 Å². The van der Waals surface area contributed by atoms with Crippen LogP contribution in [0.5, 0.6) is 0 Å². The average Bonchev–Trinajstić information content (AvgIpc) is 3.46. The van der Waals surface area contributed by atoms with Crippen LogP contribution < -0.4 is 15.6 Å². The highest BCUT2D eigenvalue weighted by molar-refractivity contribution is 9.11. The van der Waals surface area contributed by atoms with Crippen molar-refractivity contribution in [3.63, 3.8) is 0 Å². The number of rotatable bonds is 7. The van der Waals surface area contributed by atoms with E-state index in [-0.39, 0.29) is 22.2 Å². The third-order valence-corrected chi connectivity index (χ3v) is 9.14. The van der Waals surface area contributed by atoms with E-state index in [0.717, 1.165) is 30.6 Å². The van der Waals surface area contributed by atoms with Crippen LogP contribution in [-0.4, -0.2) is 62.8 Å². The topological polar surface area (TPSA) is 151 Å². The van der Waals surface area contributed by atoms with E-state index in [1.54, 1.807) is 0 Å². The lowest BCUT2D eigenvalue weighted by Gasteiger charge is -2.49. The molecule has 1 fully saturated rings. The second-order valence-electron chi connectivity index (χ2n) is 8.38. The Morgan fingerprint density at radius 2 is 2.25 bits per heavy atom. The van der Waals surface area contributed by atoms with E-state index in [1.165, 1.54) is 35.0 Å². The van der Waals surface area contributed by atoms with Gasteiger partial charge in [-0.25, -0.2) is 9.78 Å². The average molecular weight is 594 g/mol. The summed E-state index contributed by atoms with van der Waals surface area (Å²) in [6.45, 7) is 0.398. The molecule has 14 heteroatoms.